The summed E-state index contributed by atoms with van der Waals surface area (Å²) >= 11 is 0. The maximum absolute atomic E-state index is 5.58. The second-order valence-corrected chi connectivity index (χ2v) is 3.87. The zero-order valence-electron chi connectivity index (χ0n) is 11.1. The molecule has 100 valence electrons. The Morgan fingerprint density at radius 1 is 1.16 bits per heavy atom. The maximum Gasteiger partial charge on any atom is 0.216 e. The molecule has 1 aromatic carbocycles. The Balaban J connectivity index is 2.34. The van der Waals surface area contributed by atoms with Gasteiger partial charge in [-0.1, -0.05) is 0 Å². The van der Waals surface area contributed by atoms with E-state index in [1.54, 1.807) is 13.2 Å². The minimum atomic E-state index is 0.279. The highest BCUT2D eigenvalue weighted by molar-refractivity contribution is 5.61. The summed E-state index contributed by atoms with van der Waals surface area (Å²) in [5, 5.41) is 0. The molecular formula is C14H17N3O2. The number of nitrogens with two attached hydrogens (primary N) is 1. The first-order valence-electron chi connectivity index (χ1n) is 6.12. The molecule has 0 atom stereocenters. The highest BCUT2D eigenvalue weighted by Crippen LogP contribution is 2.23. The Hall–Kier alpha value is -2.14. The van der Waals surface area contributed by atoms with Crippen LogP contribution in [0.3, 0.4) is 0 Å². The van der Waals surface area contributed by atoms with Crippen molar-refractivity contribution in [2.24, 2.45) is 5.73 Å². The Bertz CT molecular complexity index is 519. The van der Waals surface area contributed by atoms with E-state index in [9.17, 15) is 0 Å². The average molecular weight is 259 g/mol. The van der Waals surface area contributed by atoms with E-state index < -0.39 is 0 Å². The normalized spacial score (nSPS) is 10.3. The molecule has 0 fully saturated rings. The first-order valence-corrected chi connectivity index (χ1v) is 6.12. The van der Waals surface area contributed by atoms with Gasteiger partial charge in [0.25, 0.3) is 0 Å². The van der Waals surface area contributed by atoms with E-state index in [1.807, 2.05) is 31.2 Å². The van der Waals surface area contributed by atoms with Crippen molar-refractivity contribution in [3.63, 3.8) is 0 Å². The molecule has 0 radical (unpaired) electrons. The number of ether oxygens (including phenoxy) is 2. The average Bonchev–Trinajstić information content (AvgIpc) is 2.47. The van der Waals surface area contributed by atoms with Crippen molar-refractivity contribution in [2.75, 3.05) is 13.7 Å². The monoisotopic (exact) mass is 259 g/mol. The number of methoxy groups -OCH3 is 1. The fraction of sp³-hybridized carbons (Fsp3) is 0.286. The van der Waals surface area contributed by atoms with Crippen LogP contribution in [0.1, 0.15) is 12.7 Å². The van der Waals surface area contributed by atoms with Crippen LogP contribution in [0.25, 0.3) is 11.3 Å². The van der Waals surface area contributed by atoms with Crippen LogP contribution in [-0.2, 0) is 6.54 Å². The van der Waals surface area contributed by atoms with Crippen molar-refractivity contribution < 1.29 is 9.47 Å². The van der Waals surface area contributed by atoms with Crippen molar-refractivity contribution in [3.05, 3.63) is 36.2 Å². The minimum Gasteiger partial charge on any atom is -0.494 e. The van der Waals surface area contributed by atoms with Gasteiger partial charge in [-0.2, -0.15) is 4.98 Å². The summed E-state index contributed by atoms with van der Waals surface area (Å²) in [4.78, 5) is 8.55. The summed E-state index contributed by atoms with van der Waals surface area (Å²) in [5.74, 6) is 1.91. The van der Waals surface area contributed by atoms with Crippen LogP contribution in [0.2, 0.25) is 0 Å². The molecule has 0 aliphatic carbocycles. The van der Waals surface area contributed by atoms with Crippen molar-refractivity contribution in [1.29, 1.82) is 0 Å². The van der Waals surface area contributed by atoms with Gasteiger partial charge in [0.05, 0.1) is 26.0 Å². The number of hydrogen-bond donors (Lipinski definition) is 1. The van der Waals surface area contributed by atoms with E-state index in [1.165, 1.54) is 0 Å². The molecule has 19 heavy (non-hydrogen) atoms. The molecule has 2 aromatic rings. The Morgan fingerprint density at radius 3 is 2.47 bits per heavy atom. The first-order chi connectivity index (χ1) is 9.26. The first kappa shape index (κ1) is 13.3. The van der Waals surface area contributed by atoms with Crippen molar-refractivity contribution in [2.45, 2.75) is 13.5 Å². The summed E-state index contributed by atoms with van der Waals surface area (Å²) in [6.45, 7) is 2.88. The number of aromatic nitrogens is 2. The van der Waals surface area contributed by atoms with Gasteiger partial charge in [-0.3, -0.25) is 0 Å². The van der Waals surface area contributed by atoms with Gasteiger partial charge in [-0.25, -0.2) is 4.98 Å². The highest BCUT2D eigenvalue weighted by atomic mass is 16.5. The fourth-order valence-electron chi connectivity index (χ4n) is 1.71. The topological polar surface area (TPSA) is 70.3 Å². The van der Waals surface area contributed by atoms with Crippen LogP contribution in [0.5, 0.6) is 11.6 Å². The second-order valence-electron chi connectivity index (χ2n) is 3.87. The number of hydrogen-bond acceptors (Lipinski definition) is 5. The Kier molecular flexibility index (Phi) is 4.30. The summed E-state index contributed by atoms with van der Waals surface area (Å²) in [5.41, 5.74) is 7.34. The van der Waals surface area contributed by atoms with E-state index in [2.05, 4.69) is 9.97 Å². The number of nitrogens with zero attached hydrogens (tertiary/aromatic N) is 2. The van der Waals surface area contributed by atoms with Crippen molar-refractivity contribution >= 4 is 0 Å². The van der Waals surface area contributed by atoms with Gasteiger partial charge in [0.15, 0.2) is 0 Å². The third-order valence-electron chi connectivity index (χ3n) is 2.60. The van der Waals surface area contributed by atoms with Crippen LogP contribution in [0.15, 0.2) is 30.3 Å². The second kappa shape index (κ2) is 6.15. The molecule has 0 spiro atoms. The molecule has 0 aliphatic heterocycles. The number of rotatable bonds is 5. The molecule has 0 aliphatic rings. The molecule has 0 saturated carbocycles. The quantitative estimate of drug-likeness (QED) is 0.889. The van der Waals surface area contributed by atoms with Crippen LogP contribution in [-0.4, -0.2) is 23.7 Å². The predicted octanol–water partition coefficient (Wildman–Crippen LogP) is 2.01. The Labute approximate surface area is 112 Å². The van der Waals surface area contributed by atoms with E-state index in [0.717, 1.165) is 17.0 Å². The van der Waals surface area contributed by atoms with Gasteiger partial charge < -0.3 is 15.2 Å². The van der Waals surface area contributed by atoms with Crippen LogP contribution >= 0.6 is 0 Å². The van der Waals surface area contributed by atoms with Gasteiger partial charge in [0.2, 0.25) is 5.88 Å². The molecule has 1 heterocycles. The van der Waals surface area contributed by atoms with Crippen molar-refractivity contribution in [1.82, 2.24) is 9.97 Å². The van der Waals surface area contributed by atoms with Crippen LogP contribution < -0.4 is 15.2 Å². The minimum absolute atomic E-state index is 0.279. The summed E-state index contributed by atoms with van der Waals surface area (Å²) < 4.78 is 10.6. The molecule has 2 rings (SSSR count). The maximum atomic E-state index is 5.58. The van der Waals surface area contributed by atoms with E-state index in [-0.39, 0.29) is 6.54 Å². The lowest BCUT2D eigenvalue weighted by Gasteiger charge is -2.07. The predicted molar refractivity (Wildman–Crippen MR) is 73.1 cm³/mol. The molecule has 5 nitrogen and oxygen atoms in total. The van der Waals surface area contributed by atoms with Gasteiger partial charge in [0.1, 0.15) is 11.6 Å². The van der Waals surface area contributed by atoms with Crippen LogP contribution in [0.4, 0.5) is 0 Å². The lowest BCUT2D eigenvalue weighted by molar-refractivity contribution is 0.340. The van der Waals surface area contributed by atoms with Gasteiger partial charge in [-0.05, 0) is 31.2 Å². The molecule has 5 heteroatoms. The van der Waals surface area contributed by atoms with Crippen LogP contribution in [0, 0.1) is 0 Å². The molecule has 1 aromatic heterocycles. The summed E-state index contributed by atoms with van der Waals surface area (Å²) in [6, 6.07) is 9.51. The molecule has 0 saturated heterocycles. The van der Waals surface area contributed by atoms with E-state index in [0.29, 0.717) is 18.3 Å². The zero-order valence-corrected chi connectivity index (χ0v) is 11.1. The fourth-order valence-corrected chi connectivity index (χ4v) is 1.71. The lowest BCUT2D eigenvalue weighted by Crippen LogP contribution is -2.05. The third kappa shape index (κ3) is 3.20. The molecule has 0 unspecified atom stereocenters. The highest BCUT2D eigenvalue weighted by Gasteiger charge is 2.06. The number of benzene rings is 1. The lowest BCUT2D eigenvalue weighted by atomic mass is 10.1. The Morgan fingerprint density at radius 2 is 1.89 bits per heavy atom. The molecule has 0 amide bonds. The molecule has 2 N–H and O–H groups in total. The SMILES string of the molecule is CCOc1ccc(-c2cc(OC)nc(CN)n2)cc1. The molecular weight excluding hydrogens is 242 g/mol. The van der Waals surface area contributed by atoms with E-state index >= 15 is 0 Å². The van der Waals surface area contributed by atoms with E-state index in [4.69, 9.17) is 15.2 Å². The van der Waals surface area contributed by atoms with Gasteiger partial charge >= 0.3 is 0 Å². The zero-order chi connectivity index (χ0) is 13.7. The summed E-state index contributed by atoms with van der Waals surface area (Å²) in [6.07, 6.45) is 0. The smallest absolute Gasteiger partial charge is 0.216 e. The third-order valence-corrected chi connectivity index (χ3v) is 2.60. The standard InChI is InChI=1S/C14H17N3O2/c1-3-19-11-6-4-10(5-7-11)12-8-14(18-2)17-13(9-15)16-12/h4-8H,3,9,15H2,1-2H3. The van der Waals surface area contributed by atoms with Gasteiger partial charge in [0, 0.05) is 11.6 Å². The summed E-state index contributed by atoms with van der Waals surface area (Å²) in [7, 11) is 1.57. The van der Waals surface area contributed by atoms with Crippen molar-refractivity contribution in [3.8, 4) is 22.9 Å². The van der Waals surface area contributed by atoms with Gasteiger partial charge in [-0.15, -0.1) is 0 Å². The largest absolute Gasteiger partial charge is 0.494 e. The molecule has 0 bridgehead atoms.